The van der Waals surface area contributed by atoms with Gasteiger partial charge in [0.2, 0.25) is 0 Å². The maximum atomic E-state index is 11.7. The quantitative estimate of drug-likeness (QED) is 0.754. The number of rotatable bonds is 5. The van der Waals surface area contributed by atoms with Crippen LogP contribution in [0.5, 0.6) is 0 Å². The maximum Gasteiger partial charge on any atom is 0.323 e. The van der Waals surface area contributed by atoms with Crippen LogP contribution < -0.4 is 5.73 Å². The highest BCUT2D eigenvalue weighted by Crippen LogP contribution is 2.26. The van der Waals surface area contributed by atoms with E-state index in [1.807, 2.05) is 6.26 Å². The number of carbonyl (C=O) groups excluding carboxylic acids is 1. The van der Waals surface area contributed by atoms with Crippen molar-refractivity contribution in [2.24, 2.45) is 11.7 Å². The minimum Gasteiger partial charge on any atom is -0.461 e. The molecule has 1 aliphatic rings. The molecule has 0 aromatic carbocycles. The molecule has 2 unspecified atom stereocenters. The van der Waals surface area contributed by atoms with Crippen molar-refractivity contribution >= 4 is 17.7 Å². The molecular formula is C12H23NO2S. The molecule has 94 valence electrons. The van der Waals surface area contributed by atoms with Crippen LogP contribution in [0, 0.1) is 5.92 Å². The van der Waals surface area contributed by atoms with Gasteiger partial charge < -0.3 is 10.5 Å². The Morgan fingerprint density at radius 3 is 2.81 bits per heavy atom. The van der Waals surface area contributed by atoms with E-state index in [4.69, 9.17) is 10.5 Å². The summed E-state index contributed by atoms with van der Waals surface area (Å²) in [6, 6.07) is -0.443. The Morgan fingerprint density at radius 2 is 2.19 bits per heavy atom. The van der Waals surface area contributed by atoms with Gasteiger partial charge in [0, 0.05) is 0 Å². The first-order valence-corrected chi connectivity index (χ1v) is 7.49. The molecule has 0 bridgehead atoms. The third kappa shape index (κ3) is 4.34. The fraction of sp³-hybridized carbons (Fsp3) is 0.917. The molecule has 0 aromatic heterocycles. The van der Waals surface area contributed by atoms with Gasteiger partial charge in [-0.15, -0.1) is 0 Å². The van der Waals surface area contributed by atoms with Crippen LogP contribution in [0.1, 0.15) is 39.0 Å². The summed E-state index contributed by atoms with van der Waals surface area (Å²) in [6.07, 6.45) is 7.42. The number of thioether (sulfide) groups is 1. The van der Waals surface area contributed by atoms with Crippen molar-refractivity contribution in [2.75, 3.05) is 12.0 Å². The highest BCUT2D eigenvalue weighted by atomic mass is 32.2. The number of nitrogens with two attached hydrogens (primary N) is 1. The molecule has 1 aliphatic carbocycles. The summed E-state index contributed by atoms with van der Waals surface area (Å²) in [4.78, 5) is 11.7. The normalized spacial score (nSPS) is 27.4. The second kappa shape index (κ2) is 7.17. The monoisotopic (exact) mass is 245 g/mol. The first-order valence-electron chi connectivity index (χ1n) is 6.10. The van der Waals surface area contributed by atoms with Crippen molar-refractivity contribution < 1.29 is 9.53 Å². The van der Waals surface area contributed by atoms with Crippen LogP contribution in [-0.2, 0) is 9.53 Å². The number of carbonyl (C=O) groups is 1. The van der Waals surface area contributed by atoms with E-state index in [1.165, 1.54) is 12.8 Å². The van der Waals surface area contributed by atoms with Gasteiger partial charge >= 0.3 is 5.97 Å². The predicted molar refractivity (Wildman–Crippen MR) is 68.5 cm³/mol. The summed E-state index contributed by atoms with van der Waals surface area (Å²) in [6.45, 7) is 2.16. The van der Waals surface area contributed by atoms with E-state index in [9.17, 15) is 4.79 Å². The standard InChI is InChI=1S/C12H23NO2S/c1-9-5-3-4-6-11(9)15-12(14)10(13)7-8-16-2/h9-11H,3-8,13H2,1-2H3/t9?,10-,11?/m1/s1. The van der Waals surface area contributed by atoms with E-state index < -0.39 is 6.04 Å². The summed E-state index contributed by atoms with van der Waals surface area (Å²) >= 11 is 1.71. The molecule has 3 atom stereocenters. The average Bonchev–Trinajstić information content (AvgIpc) is 2.28. The Kier molecular flexibility index (Phi) is 6.21. The van der Waals surface area contributed by atoms with E-state index in [2.05, 4.69) is 6.92 Å². The highest BCUT2D eigenvalue weighted by molar-refractivity contribution is 7.98. The van der Waals surface area contributed by atoms with Gasteiger partial charge in [-0.1, -0.05) is 13.3 Å². The zero-order valence-electron chi connectivity index (χ0n) is 10.3. The molecule has 0 spiro atoms. The van der Waals surface area contributed by atoms with Crippen LogP contribution in [-0.4, -0.2) is 30.1 Å². The van der Waals surface area contributed by atoms with E-state index in [1.54, 1.807) is 11.8 Å². The molecule has 0 amide bonds. The van der Waals surface area contributed by atoms with Crippen LogP contribution in [0.25, 0.3) is 0 Å². The zero-order valence-corrected chi connectivity index (χ0v) is 11.1. The fourth-order valence-corrected chi connectivity index (χ4v) is 2.55. The number of hydrogen-bond donors (Lipinski definition) is 1. The lowest BCUT2D eigenvalue weighted by Gasteiger charge is -2.29. The van der Waals surface area contributed by atoms with Gasteiger partial charge in [0.1, 0.15) is 12.1 Å². The second-order valence-electron chi connectivity index (χ2n) is 4.63. The molecular weight excluding hydrogens is 222 g/mol. The van der Waals surface area contributed by atoms with Crippen molar-refractivity contribution in [1.82, 2.24) is 0 Å². The van der Waals surface area contributed by atoms with Crippen molar-refractivity contribution in [3.05, 3.63) is 0 Å². The van der Waals surface area contributed by atoms with E-state index in [0.29, 0.717) is 12.3 Å². The Morgan fingerprint density at radius 1 is 1.50 bits per heavy atom. The van der Waals surface area contributed by atoms with Gasteiger partial charge in [-0.25, -0.2) is 0 Å². The molecule has 1 rings (SSSR count). The SMILES string of the molecule is CSCC[C@@H](N)C(=O)OC1CCCCC1C. The molecule has 16 heavy (non-hydrogen) atoms. The minimum atomic E-state index is -0.443. The average molecular weight is 245 g/mol. The van der Waals surface area contributed by atoms with Gasteiger partial charge in [-0.2, -0.15) is 11.8 Å². The zero-order chi connectivity index (χ0) is 12.0. The molecule has 3 nitrogen and oxygen atoms in total. The topological polar surface area (TPSA) is 52.3 Å². The summed E-state index contributed by atoms with van der Waals surface area (Å²) in [5.74, 6) is 1.19. The van der Waals surface area contributed by atoms with E-state index >= 15 is 0 Å². The molecule has 0 saturated heterocycles. The Hall–Kier alpha value is -0.220. The Bertz CT molecular complexity index is 223. The first-order chi connectivity index (χ1) is 7.65. The number of hydrogen-bond acceptors (Lipinski definition) is 4. The summed E-state index contributed by atoms with van der Waals surface area (Å²) < 4.78 is 5.49. The van der Waals surface area contributed by atoms with Crippen LogP contribution in [0.3, 0.4) is 0 Å². The lowest BCUT2D eigenvalue weighted by molar-refractivity contribution is -0.154. The highest BCUT2D eigenvalue weighted by Gasteiger charge is 2.26. The second-order valence-corrected chi connectivity index (χ2v) is 5.61. The van der Waals surface area contributed by atoms with Crippen molar-refractivity contribution in [3.63, 3.8) is 0 Å². The van der Waals surface area contributed by atoms with Gasteiger partial charge in [-0.3, -0.25) is 4.79 Å². The number of ether oxygens (including phenoxy) is 1. The first kappa shape index (κ1) is 13.8. The lowest BCUT2D eigenvalue weighted by Crippen LogP contribution is -2.38. The van der Waals surface area contributed by atoms with Gasteiger partial charge in [0.25, 0.3) is 0 Å². The van der Waals surface area contributed by atoms with Gasteiger partial charge in [-0.05, 0) is 43.6 Å². The summed E-state index contributed by atoms with van der Waals surface area (Å²) in [7, 11) is 0. The van der Waals surface area contributed by atoms with Crippen molar-refractivity contribution in [1.29, 1.82) is 0 Å². The molecule has 0 aromatic rings. The third-order valence-electron chi connectivity index (χ3n) is 3.24. The molecule has 1 fully saturated rings. The van der Waals surface area contributed by atoms with Crippen LogP contribution in [0.15, 0.2) is 0 Å². The largest absolute Gasteiger partial charge is 0.461 e. The lowest BCUT2D eigenvalue weighted by atomic mass is 9.88. The van der Waals surface area contributed by atoms with Gasteiger partial charge in [0.05, 0.1) is 0 Å². The van der Waals surface area contributed by atoms with Crippen LogP contribution >= 0.6 is 11.8 Å². The third-order valence-corrected chi connectivity index (χ3v) is 3.88. The van der Waals surface area contributed by atoms with Crippen molar-refractivity contribution in [2.45, 2.75) is 51.2 Å². The smallest absolute Gasteiger partial charge is 0.323 e. The fourth-order valence-electron chi connectivity index (χ4n) is 2.06. The van der Waals surface area contributed by atoms with Crippen LogP contribution in [0.2, 0.25) is 0 Å². The van der Waals surface area contributed by atoms with Crippen molar-refractivity contribution in [3.8, 4) is 0 Å². The molecule has 0 radical (unpaired) electrons. The molecule has 4 heteroatoms. The number of esters is 1. The van der Waals surface area contributed by atoms with E-state index in [-0.39, 0.29) is 12.1 Å². The Labute approximate surface area is 102 Å². The molecule has 2 N–H and O–H groups in total. The molecule has 0 heterocycles. The molecule has 0 aliphatic heterocycles. The summed E-state index contributed by atoms with van der Waals surface area (Å²) in [5, 5.41) is 0. The van der Waals surface area contributed by atoms with Gasteiger partial charge in [0.15, 0.2) is 0 Å². The summed E-state index contributed by atoms with van der Waals surface area (Å²) in [5.41, 5.74) is 5.78. The maximum absolute atomic E-state index is 11.7. The molecule has 1 saturated carbocycles. The van der Waals surface area contributed by atoms with Crippen LogP contribution in [0.4, 0.5) is 0 Å². The minimum absolute atomic E-state index is 0.0987. The van der Waals surface area contributed by atoms with E-state index in [0.717, 1.165) is 18.6 Å². The predicted octanol–water partition coefficient (Wildman–Crippen LogP) is 2.19. The Balaban J connectivity index is 2.31.